The van der Waals surface area contributed by atoms with E-state index in [2.05, 4.69) is 4.98 Å². The number of aromatic nitrogens is 2. The molecule has 1 atom stereocenters. The van der Waals surface area contributed by atoms with Gasteiger partial charge in [-0.2, -0.15) is 0 Å². The molecule has 0 unspecified atom stereocenters. The highest BCUT2D eigenvalue weighted by molar-refractivity contribution is 6.31. The average molecular weight is 408 g/mol. The van der Waals surface area contributed by atoms with E-state index < -0.39 is 0 Å². The Morgan fingerprint density at radius 2 is 2.00 bits per heavy atom. The fourth-order valence-corrected chi connectivity index (χ4v) is 3.99. The first-order valence-corrected chi connectivity index (χ1v) is 10.2. The topological polar surface area (TPSA) is 66.1 Å². The summed E-state index contributed by atoms with van der Waals surface area (Å²) < 4.78 is 0. The molecule has 1 N–H and O–H groups in total. The van der Waals surface area contributed by atoms with Crippen LogP contribution in [0, 0.1) is 0 Å². The quantitative estimate of drug-likeness (QED) is 0.709. The zero-order chi connectivity index (χ0) is 20.2. The van der Waals surface area contributed by atoms with E-state index in [0.29, 0.717) is 25.1 Å². The highest BCUT2D eigenvalue weighted by Gasteiger charge is 2.26. The number of piperidine rings is 1. The van der Waals surface area contributed by atoms with Gasteiger partial charge in [-0.1, -0.05) is 35.9 Å². The van der Waals surface area contributed by atoms with Gasteiger partial charge < -0.3 is 9.88 Å². The van der Waals surface area contributed by atoms with Gasteiger partial charge in [-0.15, -0.1) is 0 Å². The van der Waals surface area contributed by atoms with Gasteiger partial charge in [0, 0.05) is 54.1 Å². The predicted octanol–water partition coefficient (Wildman–Crippen LogP) is 4.03. The van der Waals surface area contributed by atoms with Crippen LogP contribution in [0.25, 0.3) is 0 Å². The van der Waals surface area contributed by atoms with Crippen LogP contribution in [0.2, 0.25) is 5.02 Å². The van der Waals surface area contributed by atoms with E-state index in [1.54, 1.807) is 6.07 Å². The minimum atomic E-state index is -0.211. The third kappa shape index (κ3) is 4.57. The van der Waals surface area contributed by atoms with Crippen molar-refractivity contribution in [1.29, 1.82) is 0 Å². The van der Waals surface area contributed by atoms with E-state index in [1.165, 1.54) is 12.3 Å². The van der Waals surface area contributed by atoms with Gasteiger partial charge in [0.2, 0.25) is 5.56 Å². The molecule has 0 aliphatic carbocycles. The second kappa shape index (κ2) is 8.62. The number of aromatic amines is 1. The summed E-state index contributed by atoms with van der Waals surface area (Å²) in [4.78, 5) is 33.3. The van der Waals surface area contributed by atoms with E-state index in [9.17, 15) is 9.59 Å². The van der Waals surface area contributed by atoms with Crippen molar-refractivity contribution in [2.24, 2.45) is 0 Å². The summed E-state index contributed by atoms with van der Waals surface area (Å²) in [5, 5.41) is 0.745. The second-order valence-electron chi connectivity index (χ2n) is 7.35. The van der Waals surface area contributed by atoms with E-state index in [1.807, 2.05) is 47.4 Å². The third-order valence-electron chi connectivity index (χ3n) is 5.32. The number of rotatable bonds is 4. The maximum atomic E-state index is 12.8. The van der Waals surface area contributed by atoms with E-state index in [4.69, 9.17) is 16.6 Å². The molecule has 1 amide bonds. The summed E-state index contributed by atoms with van der Waals surface area (Å²) >= 11 is 6.29. The number of hydrogen-bond donors (Lipinski definition) is 1. The molecule has 1 fully saturated rings. The molecule has 5 nitrogen and oxygen atoms in total. The number of nitrogens with zero attached hydrogens (tertiary/aromatic N) is 2. The van der Waals surface area contributed by atoms with Crippen LogP contribution < -0.4 is 5.56 Å². The maximum Gasteiger partial charge on any atom is 0.255 e. The monoisotopic (exact) mass is 407 g/mol. The van der Waals surface area contributed by atoms with Crippen LogP contribution in [0.4, 0.5) is 0 Å². The average Bonchev–Trinajstić information content (AvgIpc) is 2.76. The second-order valence-corrected chi connectivity index (χ2v) is 7.76. The number of likely N-dealkylation sites (tertiary alicyclic amines) is 1. The molecular formula is C23H22ClN3O2. The molecule has 3 aromatic rings. The van der Waals surface area contributed by atoms with Crippen molar-refractivity contribution >= 4 is 17.5 Å². The lowest BCUT2D eigenvalue weighted by atomic mass is 9.93. The van der Waals surface area contributed by atoms with Gasteiger partial charge in [-0.05, 0) is 42.7 Å². The van der Waals surface area contributed by atoms with Crippen molar-refractivity contribution in [3.8, 4) is 0 Å². The fraction of sp³-hybridized carbons (Fsp3) is 0.261. The lowest BCUT2D eigenvalue weighted by Gasteiger charge is -2.32. The number of halogens is 1. The van der Waals surface area contributed by atoms with Crippen LogP contribution in [0.15, 0.2) is 65.6 Å². The van der Waals surface area contributed by atoms with Gasteiger partial charge in [0.1, 0.15) is 0 Å². The van der Waals surface area contributed by atoms with Crippen LogP contribution in [0.3, 0.4) is 0 Å². The predicted molar refractivity (Wildman–Crippen MR) is 113 cm³/mol. The molecule has 0 saturated carbocycles. The Balaban J connectivity index is 1.49. The van der Waals surface area contributed by atoms with Gasteiger partial charge in [0.25, 0.3) is 5.91 Å². The molecule has 1 aromatic carbocycles. The SMILES string of the molecule is O=C(c1ccc(=O)[nH]c1)N1CCC[C@H](c2cccc(Cc3ccccc3Cl)n2)C1. The smallest absolute Gasteiger partial charge is 0.255 e. The maximum absolute atomic E-state index is 12.8. The van der Waals surface area contributed by atoms with Crippen molar-refractivity contribution in [2.75, 3.05) is 13.1 Å². The number of benzene rings is 1. The molecule has 4 rings (SSSR count). The largest absolute Gasteiger partial charge is 0.338 e. The minimum Gasteiger partial charge on any atom is -0.338 e. The minimum absolute atomic E-state index is 0.0572. The van der Waals surface area contributed by atoms with E-state index in [0.717, 1.165) is 34.8 Å². The molecule has 1 aliphatic heterocycles. The van der Waals surface area contributed by atoms with Gasteiger partial charge in [0.15, 0.2) is 0 Å². The fourth-order valence-electron chi connectivity index (χ4n) is 3.79. The number of H-pyrrole nitrogens is 1. The number of amides is 1. The molecule has 2 aromatic heterocycles. The number of nitrogens with one attached hydrogen (secondary N) is 1. The number of pyridine rings is 2. The van der Waals surface area contributed by atoms with E-state index >= 15 is 0 Å². The van der Waals surface area contributed by atoms with Crippen molar-refractivity contribution in [3.63, 3.8) is 0 Å². The highest BCUT2D eigenvalue weighted by Crippen LogP contribution is 2.27. The lowest BCUT2D eigenvalue weighted by Crippen LogP contribution is -2.39. The molecule has 1 saturated heterocycles. The summed E-state index contributed by atoms with van der Waals surface area (Å²) in [6, 6.07) is 16.8. The summed E-state index contributed by atoms with van der Waals surface area (Å²) in [6.45, 7) is 1.34. The van der Waals surface area contributed by atoms with Gasteiger partial charge in [-0.25, -0.2) is 0 Å². The normalized spacial score (nSPS) is 16.6. The number of carbonyl (C=O) groups excluding carboxylic acids is 1. The molecule has 3 heterocycles. The Kier molecular flexibility index (Phi) is 5.76. The Bertz CT molecular complexity index is 1060. The van der Waals surface area contributed by atoms with E-state index in [-0.39, 0.29) is 17.4 Å². The van der Waals surface area contributed by atoms with Crippen LogP contribution in [0.1, 0.15) is 46.1 Å². The molecule has 148 valence electrons. The van der Waals surface area contributed by atoms with Crippen molar-refractivity contribution < 1.29 is 4.79 Å². The third-order valence-corrected chi connectivity index (χ3v) is 5.68. The molecule has 1 aliphatic rings. The summed E-state index contributed by atoms with van der Waals surface area (Å²) in [5.74, 6) is 0.139. The van der Waals surface area contributed by atoms with Crippen LogP contribution in [0.5, 0.6) is 0 Å². The molecule has 0 radical (unpaired) electrons. The Labute approximate surface area is 174 Å². The standard InChI is InChI=1S/C23H22ClN3O2/c24-20-8-2-1-5-16(20)13-19-7-3-9-21(26-19)18-6-4-12-27(15-18)23(29)17-10-11-22(28)25-14-17/h1-3,5,7-11,14,18H,4,6,12-13,15H2,(H,25,28)/t18-/m0/s1. The molecule has 29 heavy (non-hydrogen) atoms. The zero-order valence-corrected chi connectivity index (χ0v) is 16.7. The van der Waals surface area contributed by atoms with Gasteiger partial charge in [-0.3, -0.25) is 14.6 Å². The van der Waals surface area contributed by atoms with Crippen LogP contribution in [-0.4, -0.2) is 33.9 Å². The summed E-state index contributed by atoms with van der Waals surface area (Å²) in [7, 11) is 0. The zero-order valence-electron chi connectivity index (χ0n) is 16.0. The van der Waals surface area contributed by atoms with Crippen LogP contribution >= 0.6 is 11.6 Å². The Morgan fingerprint density at radius 1 is 1.14 bits per heavy atom. The molecule has 0 bridgehead atoms. The Morgan fingerprint density at radius 3 is 2.79 bits per heavy atom. The van der Waals surface area contributed by atoms with Crippen molar-refractivity contribution in [1.82, 2.24) is 14.9 Å². The van der Waals surface area contributed by atoms with Crippen LogP contribution in [-0.2, 0) is 6.42 Å². The number of hydrogen-bond acceptors (Lipinski definition) is 3. The first-order valence-electron chi connectivity index (χ1n) is 9.77. The van der Waals surface area contributed by atoms with Gasteiger partial charge >= 0.3 is 0 Å². The van der Waals surface area contributed by atoms with Gasteiger partial charge in [0.05, 0.1) is 5.56 Å². The lowest BCUT2D eigenvalue weighted by molar-refractivity contribution is 0.0705. The summed E-state index contributed by atoms with van der Waals surface area (Å²) in [6.07, 6.45) is 4.09. The first kappa shape index (κ1) is 19.4. The first-order chi connectivity index (χ1) is 14.1. The Hall–Kier alpha value is -2.92. The highest BCUT2D eigenvalue weighted by atomic mass is 35.5. The van der Waals surface area contributed by atoms with Crippen molar-refractivity contribution in [2.45, 2.75) is 25.2 Å². The molecule has 0 spiro atoms. The van der Waals surface area contributed by atoms with Crippen molar-refractivity contribution in [3.05, 3.63) is 98.7 Å². The number of carbonyl (C=O) groups is 1. The molecule has 6 heteroatoms. The molecular weight excluding hydrogens is 386 g/mol. The summed E-state index contributed by atoms with van der Waals surface area (Å²) in [5.41, 5.74) is 3.33.